The Hall–Kier alpha value is -2.01. The number of nitrogens with one attached hydrogen (secondary N) is 1. The minimum atomic E-state index is -1.71. The SMILES string of the molecule is CCCCCCCCCCCC1CC(O)=C(CCCCCC)C(=O)O1.CCCCCCCCCCC[C@H](CC#N)O[Si](C)(C)C.CCCCCCCCCCC[C@H](CC(=N)C(CCCCCC)C(=O)OCC)O[Si](C)(C)C. The van der Waals surface area contributed by atoms with Crippen molar-refractivity contribution in [1.82, 2.24) is 0 Å². The minimum absolute atomic E-state index is 0.0614. The van der Waals surface area contributed by atoms with Crippen LogP contribution in [0.2, 0.25) is 39.3 Å². The summed E-state index contributed by atoms with van der Waals surface area (Å²) in [6.07, 6.45) is 50.6. The Kier molecular flexibility index (Phi) is 53.4. The van der Waals surface area contributed by atoms with Crippen LogP contribution in [-0.2, 0) is 27.9 Å². The van der Waals surface area contributed by atoms with Crippen LogP contribution in [0.1, 0.15) is 318 Å². The number of carbonyl (C=O) groups is 2. The summed E-state index contributed by atoms with van der Waals surface area (Å²) in [5.41, 5.74) is 1.04. The lowest BCUT2D eigenvalue weighted by molar-refractivity contribution is -0.147. The van der Waals surface area contributed by atoms with Crippen molar-refractivity contribution >= 4 is 34.3 Å². The molecule has 0 saturated carbocycles. The fraction of sp³-hybridized carbons (Fsp3) is 0.909. The zero-order chi connectivity index (χ0) is 57.8. The minimum Gasteiger partial charge on any atom is -0.512 e. The van der Waals surface area contributed by atoms with Crippen molar-refractivity contribution in [2.45, 2.75) is 375 Å². The number of rotatable bonds is 50. The van der Waals surface area contributed by atoms with Crippen molar-refractivity contribution in [3.63, 3.8) is 0 Å². The molecule has 0 aromatic rings. The van der Waals surface area contributed by atoms with Crippen molar-refractivity contribution in [2.75, 3.05) is 6.61 Å². The molecule has 1 aliphatic rings. The zero-order valence-corrected chi connectivity index (χ0v) is 55.3. The molecule has 0 aliphatic carbocycles. The van der Waals surface area contributed by atoms with Gasteiger partial charge < -0.3 is 28.8 Å². The van der Waals surface area contributed by atoms with Crippen LogP contribution in [0.3, 0.4) is 0 Å². The highest BCUT2D eigenvalue weighted by Crippen LogP contribution is 2.28. The fourth-order valence-electron chi connectivity index (χ4n) is 10.3. The number of carbonyl (C=O) groups excluding carboxylic acids is 2. The number of unbranched alkanes of at least 4 members (excludes halogenated alkanes) is 30. The first-order valence-electron chi connectivity index (χ1n) is 33.0. The fourth-order valence-corrected chi connectivity index (χ4v) is 12.7. The van der Waals surface area contributed by atoms with Gasteiger partial charge in [0, 0.05) is 18.6 Å². The molecule has 0 spiro atoms. The molecule has 11 heteroatoms. The van der Waals surface area contributed by atoms with Crippen LogP contribution < -0.4 is 0 Å². The highest BCUT2D eigenvalue weighted by molar-refractivity contribution is 6.70. The summed E-state index contributed by atoms with van der Waals surface area (Å²) in [5.74, 6) is -0.610. The molecule has 2 N–H and O–H groups in total. The molecule has 0 aromatic carbocycles. The van der Waals surface area contributed by atoms with Crippen molar-refractivity contribution < 1.29 is 33.0 Å². The summed E-state index contributed by atoms with van der Waals surface area (Å²) >= 11 is 0. The molecule has 1 rings (SSSR count). The van der Waals surface area contributed by atoms with Crippen LogP contribution in [-0.4, -0.2) is 64.3 Å². The van der Waals surface area contributed by atoms with Crippen LogP contribution in [0.4, 0.5) is 0 Å². The molecule has 1 heterocycles. The molecule has 454 valence electrons. The maximum Gasteiger partial charge on any atom is 0.337 e. The van der Waals surface area contributed by atoms with Crippen LogP contribution in [0.5, 0.6) is 0 Å². The summed E-state index contributed by atoms with van der Waals surface area (Å²) in [4.78, 5) is 24.6. The van der Waals surface area contributed by atoms with Gasteiger partial charge in [0.15, 0.2) is 16.6 Å². The quantitative estimate of drug-likeness (QED) is 0.0266. The van der Waals surface area contributed by atoms with Gasteiger partial charge in [-0.15, -0.1) is 0 Å². The Morgan fingerprint density at radius 3 is 1.34 bits per heavy atom. The van der Waals surface area contributed by atoms with E-state index in [2.05, 4.69) is 80.0 Å². The highest BCUT2D eigenvalue weighted by Gasteiger charge is 2.30. The molecule has 0 saturated heterocycles. The van der Waals surface area contributed by atoms with E-state index in [-0.39, 0.29) is 36.0 Å². The molecule has 2 unspecified atom stereocenters. The summed E-state index contributed by atoms with van der Waals surface area (Å²) in [6.45, 7) is 26.6. The van der Waals surface area contributed by atoms with E-state index >= 15 is 0 Å². The number of hydrogen-bond donors (Lipinski definition) is 2. The second-order valence-electron chi connectivity index (χ2n) is 24.8. The van der Waals surface area contributed by atoms with Crippen molar-refractivity contribution in [1.29, 1.82) is 10.7 Å². The molecular formula is C66H130N2O7Si2. The van der Waals surface area contributed by atoms with E-state index < -0.39 is 22.6 Å². The Morgan fingerprint density at radius 2 is 0.935 bits per heavy atom. The van der Waals surface area contributed by atoms with Gasteiger partial charge in [-0.3, -0.25) is 4.79 Å². The number of aliphatic hydroxyl groups excluding tert-OH is 1. The third-order valence-electron chi connectivity index (χ3n) is 14.6. The van der Waals surface area contributed by atoms with Gasteiger partial charge in [0.25, 0.3) is 0 Å². The number of hydrogen-bond acceptors (Lipinski definition) is 9. The standard InChI is InChI=1S/C27H55NO3Si.C22H40O3.C17H35NOSi/c1-7-10-12-14-15-16-17-18-19-21-24(31-32(4,5)6)23-26(28)25(27(29)30-9-3)22-20-13-11-8-2;1-3-5-7-9-10-11-12-13-14-16-19-18-21(23)20(22(24)25-19)17-15-8-6-4-2;1-5-6-7-8-9-10-11-12-13-14-17(15-16-18)19-20(2,3)4/h24-25,28H,7-23H2,1-6H3;19,23H,3-18H2,1-2H3;17H,5-15H2,1-4H3/t24-,25?;;17-/m1.1/s1. The predicted octanol–water partition coefficient (Wildman–Crippen LogP) is 21.7. The van der Waals surface area contributed by atoms with Gasteiger partial charge in [-0.25, -0.2) is 4.79 Å². The number of aliphatic hydroxyl groups is 1. The normalized spacial score (nSPS) is 14.9. The average molecular weight is 1120 g/mol. The van der Waals surface area contributed by atoms with E-state index in [4.69, 9.17) is 29.0 Å². The second-order valence-corrected chi connectivity index (χ2v) is 33.7. The molecule has 0 aromatic heterocycles. The van der Waals surface area contributed by atoms with Crippen molar-refractivity contribution in [3.05, 3.63) is 11.3 Å². The van der Waals surface area contributed by atoms with Gasteiger partial charge in [0.05, 0.1) is 42.8 Å². The van der Waals surface area contributed by atoms with Crippen LogP contribution in [0.15, 0.2) is 11.3 Å². The monoisotopic (exact) mass is 1120 g/mol. The molecular weight excluding hydrogens is 989 g/mol. The summed E-state index contributed by atoms with van der Waals surface area (Å²) in [6, 6.07) is 2.27. The molecule has 0 amide bonds. The van der Waals surface area contributed by atoms with Crippen LogP contribution in [0.25, 0.3) is 0 Å². The van der Waals surface area contributed by atoms with Crippen LogP contribution in [0, 0.1) is 22.7 Å². The lowest BCUT2D eigenvalue weighted by atomic mass is 9.91. The smallest absolute Gasteiger partial charge is 0.337 e. The lowest BCUT2D eigenvalue weighted by Crippen LogP contribution is -2.35. The van der Waals surface area contributed by atoms with Gasteiger partial charge in [-0.1, -0.05) is 247 Å². The predicted molar refractivity (Wildman–Crippen MR) is 336 cm³/mol. The maximum atomic E-state index is 12.5. The van der Waals surface area contributed by atoms with Gasteiger partial charge in [-0.05, 0) is 91.2 Å². The summed E-state index contributed by atoms with van der Waals surface area (Å²) < 4.78 is 23.4. The van der Waals surface area contributed by atoms with Gasteiger partial charge in [0.2, 0.25) is 0 Å². The first-order chi connectivity index (χ1) is 36.9. The zero-order valence-electron chi connectivity index (χ0n) is 53.3. The molecule has 0 radical (unpaired) electrons. The lowest BCUT2D eigenvalue weighted by Gasteiger charge is -2.28. The number of esters is 2. The maximum absolute atomic E-state index is 12.5. The van der Waals surface area contributed by atoms with E-state index in [1.807, 2.05) is 6.92 Å². The number of cyclic esters (lactones) is 1. The number of nitrogens with zero attached hydrogens (tertiary/aromatic N) is 1. The first kappa shape index (κ1) is 77.1. The molecule has 4 atom stereocenters. The summed E-state index contributed by atoms with van der Waals surface area (Å²) in [5, 5.41) is 27.8. The molecule has 77 heavy (non-hydrogen) atoms. The van der Waals surface area contributed by atoms with E-state index in [9.17, 15) is 14.7 Å². The third-order valence-corrected chi connectivity index (χ3v) is 16.7. The van der Waals surface area contributed by atoms with E-state index in [0.717, 1.165) is 64.2 Å². The second kappa shape index (κ2) is 53.3. The Balaban J connectivity index is 0. The summed E-state index contributed by atoms with van der Waals surface area (Å²) in [7, 11) is -3.21. The van der Waals surface area contributed by atoms with Crippen molar-refractivity contribution in [3.8, 4) is 6.07 Å². The van der Waals surface area contributed by atoms with E-state index in [1.165, 1.54) is 186 Å². The third kappa shape index (κ3) is 50.7. The average Bonchev–Trinajstić information content (AvgIpc) is 3.36. The van der Waals surface area contributed by atoms with E-state index in [1.54, 1.807) is 0 Å². The van der Waals surface area contributed by atoms with Gasteiger partial charge in [-0.2, -0.15) is 5.26 Å². The number of nitriles is 1. The molecule has 0 fully saturated rings. The Morgan fingerprint density at radius 1 is 0.571 bits per heavy atom. The Bertz CT molecular complexity index is 1450. The first-order valence-corrected chi connectivity index (χ1v) is 39.8. The van der Waals surface area contributed by atoms with Gasteiger partial charge in [0.1, 0.15) is 11.9 Å². The van der Waals surface area contributed by atoms with Crippen LogP contribution >= 0.6 is 0 Å². The molecule has 1 aliphatic heterocycles. The topological polar surface area (TPSA) is 139 Å². The largest absolute Gasteiger partial charge is 0.512 e. The van der Waals surface area contributed by atoms with Gasteiger partial charge >= 0.3 is 11.9 Å². The van der Waals surface area contributed by atoms with Crippen molar-refractivity contribution in [2.24, 2.45) is 5.92 Å². The van der Waals surface area contributed by atoms with E-state index in [0.29, 0.717) is 43.6 Å². The highest BCUT2D eigenvalue weighted by atomic mass is 28.4. The number of ether oxygens (including phenoxy) is 2. The Labute approximate surface area is 480 Å². The molecule has 0 bridgehead atoms. The molecule has 9 nitrogen and oxygen atoms in total.